The van der Waals surface area contributed by atoms with Gasteiger partial charge in [-0.25, -0.2) is 13.4 Å². The van der Waals surface area contributed by atoms with E-state index in [0.29, 0.717) is 5.69 Å². The molecule has 0 saturated carbocycles. The summed E-state index contributed by atoms with van der Waals surface area (Å²) in [4.78, 5) is 17.2. The monoisotopic (exact) mass is 559 g/mol. The second kappa shape index (κ2) is 10.0. The number of nitrogens with zero attached hydrogens (tertiary/aromatic N) is 3. The predicted molar refractivity (Wildman–Crippen MR) is 147 cm³/mol. The van der Waals surface area contributed by atoms with Crippen LogP contribution >= 0.6 is 23.2 Å². The van der Waals surface area contributed by atoms with Crippen LogP contribution in [0.1, 0.15) is 31.9 Å². The summed E-state index contributed by atoms with van der Waals surface area (Å²) in [5.74, 6) is 0.0557. The van der Waals surface area contributed by atoms with E-state index < -0.39 is 28.1 Å². The average molecular weight is 561 g/mol. The van der Waals surface area contributed by atoms with Gasteiger partial charge in [0.2, 0.25) is 0 Å². The predicted octanol–water partition coefficient (Wildman–Crippen LogP) is 6.49. The molecule has 0 radical (unpaired) electrons. The molecule has 0 unspecified atom stereocenters. The van der Waals surface area contributed by atoms with Gasteiger partial charge in [0, 0.05) is 27.8 Å². The lowest BCUT2D eigenvalue weighted by Crippen LogP contribution is -2.39. The molecule has 0 aliphatic heterocycles. The van der Waals surface area contributed by atoms with Crippen LogP contribution in [-0.4, -0.2) is 36.1 Å². The van der Waals surface area contributed by atoms with Gasteiger partial charge < -0.3 is 9.30 Å². The van der Waals surface area contributed by atoms with Gasteiger partial charge >= 0.3 is 5.97 Å². The Labute approximate surface area is 226 Å². The molecule has 0 fully saturated rings. The molecule has 0 amide bonds. The molecule has 2 aromatic heterocycles. The molecule has 0 aliphatic rings. The summed E-state index contributed by atoms with van der Waals surface area (Å²) >= 11 is 12.2. The Hall–Kier alpha value is -3.07. The zero-order chi connectivity index (χ0) is 27.1. The number of aryl methyl sites for hydroxylation is 2. The summed E-state index contributed by atoms with van der Waals surface area (Å²) < 4.78 is 36.0. The van der Waals surface area contributed by atoms with Crippen LogP contribution in [0.2, 0.25) is 10.0 Å². The summed E-state index contributed by atoms with van der Waals surface area (Å²) in [5, 5.41) is 1.14. The van der Waals surface area contributed by atoms with E-state index in [9.17, 15) is 13.2 Å². The smallest absolute Gasteiger partial charge is 0.327 e. The molecule has 2 heterocycles. The Bertz CT molecular complexity index is 1590. The first-order chi connectivity index (χ1) is 17.2. The number of fused-ring (bicyclic) bond motifs is 1. The molecular formula is C27H27Cl2N3O4S. The molecule has 4 rings (SSSR count). The zero-order valence-corrected chi connectivity index (χ0v) is 23.4. The number of benzene rings is 2. The number of halogens is 2. The van der Waals surface area contributed by atoms with Crippen molar-refractivity contribution in [2.45, 2.75) is 45.1 Å². The third-order valence-electron chi connectivity index (χ3n) is 5.54. The van der Waals surface area contributed by atoms with E-state index >= 15 is 0 Å². The Morgan fingerprint density at radius 1 is 1.03 bits per heavy atom. The zero-order valence-electron chi connectivity index (χ0n) is 21.1. The maximum Gasteiger partial charge on any atom is 0.327 e. The van der Waals surface area contributed by atoms with E-state index in [-0.39, 0.29) is 14.9 Å². The highest BCUT2D eigenvalue weighted by atomic mass is 35.5. The number of hydrogen-bond acceptors (Lipinski definition) is 5. The Kier molecular flexibility index (Phi) is 7.29. The van der Waals surface area contributed by atoms with Crippen molar-refractivity contribution < 1.29 is 17.9 Å². The molecule has 0 N–H and O–H groups in total. The minimum Gasteiger partial charge on any atom is -0.459 e. The molecule has 194 valence electrons. The van der Waals surface area contributed by atoms with Gasteiger partial charge in [0.1, 0.15) is 18.0 Å². The van der Waals surface area contributed by atoms with E-state index in [1.165, 1.54) is 18.2 Å². The van der Waals surface area contributed by atoms with Gasteiger partial charge in [-0.2, -0.15) is 0 Å². The Morgan fingerprint density at radius 3 is 2.32 bits per heavy atom. The number of carbonyl (C=O) groups is 1. The van der Waals surface area contributed by atoms with Crippen LogP contribution in [0.4, 0.5) is 5.69 Å². The van der Waals surface area contributed by atoms with Crippen molar-refractivity contribution in [1.29, 1.82) is 0 Å². The van der Waals surface area contributed by atoms with Crippen LogP contribution in [0.5, 0.6) is 0 Å². The van der Waals surface area contributed by atoms with Crippen molar-refractivity contribution in [3.8, 4) is 5.82 Å². The number of rotatable bonds is 6. The van der Waals surface area contributed by atoms with Crippen LogP contribution in [-0.2, 0) is 19.6 Å². The number of aromatic nitrogens is 2. The second-order valence-electron chi connectivity index (χ2n) is 9.78. The number of ether oxygens (including phenoxy) is 1. The molecule has 2 aromatic carbocycles. The third kappa shape index (κ3) is 5.92. The first-order valence-corrected chi connectivity index (χ1v) is 13.7. The quantitative estimate of drug-likeness (QED) is 0.252. The van der Waals surface area contributed by atoms with Gasteiger partial charge in [-0.1, -0.05) is 23.2 Å². The maximum absolute atomic E-state index is 13.8. The fourth-order valence-corrected chi connectivity index (χ4v) is 6.12. The number of carbonyl (C=O) groups excluding carboxylic acids is 1. The van der Waals surface area contributed by atoms with Crippen molar-refractivity contribution in [2.75, 3.05) is 10.8 Å². The summed E-state index contributed by atoms with van der Waals surface area (Å²) in [6.07, 6.45) is 3.69. The summed E-state index contributed by atoms with van der Waals surface area (Å²) in [6, 6.07) is 13.1. The van der Waals surface area contributed by atoms with Crippen LogP contribution in [0.15, 0.2) is 65.8 Å². The number of hydrogen-bond donors (Lipinski definition) is 0. The van der Waals surface area contributed by atoms with Crippen molar-refractivity contribution in [1.82, 2.24) is 9.55 Å². The normalized spacial score (nSPS) is 12.1. The van der Waals surface area contributed by atoms with E-state index in [4.69, 9.17) is 27.9 Å². The number of sulfonamides is 1. The first kappa shape index (κ1) is 27.0. The summed E-state index contributed by atoms with van der Waals surface area (Å²) in [5.41, 5.74) is 2.34. The standard InChI is InChI=1S/C27H27Cl2N3O4S/c1-17-8-9-30-25(10-17)31-15-18(2)23-14-21(6-7-24(23)31)32(16-26(33)36-27(3,4)5)37(34,35)22-12-19(28)11-20(29)13-22/h6-15H,16H2,1-5H3. The summed E-state index contributed by atoms with van der Waals surface area (Å²) in [7, 11) is -4.24. The third-order valence-corrected chi connectivity index (χ3v) is 7.73. The molecule has 0 saturated heterocycles. The highest BCUT2D eigenvalue weighted by Gasteiger charge is 2.30. The number of esters is 1. The van der Waals surface area contributed by atoms with E-state index in [0.717, 1.165) is 32.2 Å². The molecule has 0 bridgehead atoms. The van der Waals surface area contributed by atoms with Crippen molar-refractivity contribution >= 4 is 55.8 Å². The van der Waals surface area contributed by atoms with E-state index in [1.54, 1.807) is 39.1 Å². The Balaban J connectivity index is 1.85. The molecular weight excluding hydrogens is 533 g/mol. The topological polar surface area (TPSA) is 81.5 Å². The van der Waals surface area contributed by atoms with Gasteiger partial charge in [0.05, 0.1) is 16.1 Å². The average Bonchev–Trinajstić information content (AvgIpc) is 3.11. The van der Waals surface area contributed by atoms with Crippen LogP contribution < -0.4 is 4.31 Å². The number of pyridine rings is 1. The molecule has 10 heteroatoms. The largest absolute Gasteiger partial charge is 0.459 e. The lowest BCUT2D eigenvalue weighted by Gasteiger charge is -2.26. The molecule has 0 aliphatic carbocycles. The van der Waals surface area contributed by atoms with Crippen LogP contribution in [0.3, 0.4) is 0 Å². The van der Waals surface area contributed by atoms with Gasteiger partial charge in [-0.05, 0) is 94.3 Å². The first-order valence-electron chi connectivity index (χ1n) is 11.5. The van der Waals surface area contributed by atoms with Gasteiger partial charge in [-0.3, -0.25) is 9.10 Å². The van der Waals surface area contributed by atoms with Crippen molar-refractivity contribution in [2.24, 2.45) is 0 Å². The fraction of sp³-hybridized carbons (Fsp3) is 0.259. The van der Waals surface area contributed by atoms with E-state index in [1.807, 2.05) is 42.8 Å². The second-order valence-corrected chi connectivity index (χ2v) is 12.5. The van der Waals surface area contributed by atoms with Crippen LogP contribution in [0, 0.1) is 13.8 Å². The molecule has 0 spiro atoms. The minimum absolute atomic E-state index is 0.132. The van der Waals surface area contributed by atoms with Crippen molar-refractivity contribution in [3.63, 3.8) is 0 Å². The van der Waals surface area contributed by atoms with Crippen molar-refractivity contribution in [3.05, 3.63) is 82.1 Å². The highest BCUT2D eigenvalue weighted by Crippen LogP contribution is 2.33. The SMILES string of the molecule is Cc1ccnc(-n2cc(C)c3cc(N(CC(=O)OC(C)(C)C)S(=O)(=O)c4cc(Cl)cc(Cl)c4)ccc32)c1. The summed E-state index contributed by atoms with van der Waals surface area (Å²) in [6.45, 7) is 8.55. The number of anilines is 1. The van der Waals surface area contributed by atoms with Gasteiger partial charge in [0.15, 0.2) is 0 Å². The fourth-order valence-electron chi connectivity index (χ4n) is 3.99. The lowest BCUT2D eigenvalue weighted by molar-refractivity contribution is -0.152. The van der Waals surface area contributed by atoms with Gasteiger partial charge in [-0.15, -0.1) is 0 Å². The maximum atomic E-state index is 13.8. The molecule has 0 atom stereocenters. The Morgan fingerprint density at radius 2 is 1.70 bits per heavy atom. The molecule has 7 nitrogen and oxygen atoms in total. The lowest BCUT2D eigenvalue weighted by atomic mass is 10.1. The molecule has 37 heavy (non-hydrogen) atoms. The molecule has 4 aromatic rings. The van der Waals surface area contributed by atoms with Gasteiger partial charge in [0.25, 0.3) is 10.0 Å². The van der Waals surface area contributed by atoms with E-state index in [2.05, 4.69) is 4.98 Å². The van der Waals surface area contributed by atoms with Crippen LogP contribution in [0.25, 0.3) is 16.7 Å². The minimum atomic E-state index is -4.24. The highest BCUT2D eigenvalue weighted by molar-refractivity contribution is 7.92.